The first-order valence-electron chi connectivity index (χ1n) is 7.88. The summed E-state index contributed by atoms with van der Waals surface area (Å²) in [4.78, 5) is 0. The molecule has 0 heterocycles. The summed E-state index contributed by atoms with van der Waals surface area (Å²) in [7, 11) is 0. The molecule has 0 aromatic heterocycles. The topological polar surface area (TPSA) is 49.8 Å². The Morgan fingerprint density at radius 1 is 1.09 bits per heavy atom. The third-order valence-corrected chi connectivity index (χ3v) is 5.10. The third kappa shape index (κ3) is 2.48. The third-order valence-electron chi connectivity index (χ3n) is 5.10. The van der Waals surface area contributed by atoms with Crippen LogP contribution in [0, 0.1) is 31.1 Å². The van der Waals surface area contributed by atoms with Gasteiger partial charge in [0.25, 0.3) is 0 Å². The standard InChI is InChI=1S/C20H22N2/c1-12-4-5-15(6-13(12)2)19-10-16-8-18(22)9-17(11-21)20(16)7-14(19)3/h4-6,8-9,14,19H,7,10,22H2,1-3H3/t14?,19-/m0/s1. The van der Waals surface area contributed by atoms with Crippen molar-refractivity contribution in [1.29, 1.82) is 5.26 Å². The molecule has 0 fully saturated rings. The lowest BCUT2D eigenvalue weighted by Crippen LogP contribution is -2.23. The Labute approximate surface area is 132 Å². The molecule has 2 atom stereocenters. The molecule has 22 heavy (non-hydrogen) atoms. The van der Waals surface area contributed by atoms with E-state index in [2.05, 4.69) is 51.1 Å². The van der Waals surface area contributed by atoms with E-state index < -0.39 is 0 Å². The van der Waals surface area contributed by atoms with Gasteiger partial charge in [-0.05, 0) is 78.5 Å². The van der Waals surface area contributed by atoms with Crippen LogP contribution in [0.15, 0.2) is 30.3 Å². The van der Waals surface area contributed by atoms with Gasteiger partial charge in [0.2, 0.25) is 0 Å². The van der Waals surface area contributed by atoms with Crippen LogP contribution in [0.3, 0.4) is 0 Å². The van der Waals surface area contributed by atoms with Crippen molar-refractivity contribution in [3.05, 3.63) is 63.7 Å². The van der Waals surface area contributed by atoms with Crippen LogP contribution in [0.2, 0.25) is 0 Å². The number of anilines is 1. The molecule has 2 N–H and O–H groups in total. The highest BCUT2D eigenvalue weighted by molar-refractivity contribution is 5.55. The number of benzene rings is 2. The number of nitrogen functional groups attached to an aromatic ring is 1. The van der Waals surface area contributed by atoms with Crippen LogP contribution in [-0.2, 0) is 12.8 Å². The number of fused-ring (bicyclic) bond motifs is 1. The van der Waals surface area contributed by atoms with Gasteiger partial charge in [-0.25, -0.2) is 0 Å². The second-order valence-corrected chi connectivity index (χ2v) is 6.65. The normalized spacial score (nSPS) is 20.3. The van der Waals surface area contributed by atoms with Gasteiger partial charge in [0.1, 0.15) is 0 Å². The van der Waals surface area contributed by atoms with Crippen LogP contribution >= 0.6 is 0 Å². The van der Waals surface area contributed by atoms with E-state index in [4.69, 9.17) is 5.73 Å². The van der Waals surface area contributed by atoms with E-state index in [1.807, 2.05) is 6.07 Å². The summed E-state index contributed by atoms with van der Waals surface area (Å²) >= 11 is 0. The van der Waals surface area contributed by atoms with E-state index in [1.165, 1.54) is 27.8 Å². The van der Waals surface area contributed by atoms with Gasteiger partial charge in [-0.2, -0.15) is 5.26 Å². The Morgan fingerprint density at radius 3 is 2.55 bits per heavy atom. The zero-order chi connectivity index (χ0) is 15.9. The molecule has 0 radical (unpaired) electrons. The highest BCUT2D eigenvalue weighted by atomic mass is 14.5. The quantitative estimate of drug-likeness (QED) is 0.797. The maximum Gasteiger partial charge on any atom is 0.0995 e. The van der Waals surface area contributed by atoms with Crippen LogP contribution < -0.4 is 5.73 Å². The van der Waals surface area contributed by atoms with Gasteiger partial charge in [0.15, 0.2) is 0 Å². The van der Waals surface area contributed by atoms with Crippen molar-refractivity contribution in [2.45, 2.75) is 39.5 Å². The first kappa shape index (κ1) is 14.7. The molecule has 0 aliphatic heterocycles. The molecule has 0 amide bonds. The molecular weight excluding hydrogens is 268 g/mol. The van der Waals surface area contributed by atoms with Crippen LogP contribution in [0.1, 0.15) is 46.2 Å². The molecule has 0 saturated carbocycles. The van der Waals surface area contributed by atoms with Gasteiger partial charge in [0.05, 0.1) is 11.6 Å². The van der Waals surface area contributed by atoms with Crippen molar-refractivity contribution in [1.82, 2.24) is 0 Å². The number of hydrogen-bond donors (Lipinski definition) is 1. The van der Waals surface area contributed by atoms with Crippen molar-refractivity contribution in [2.24, 2.45) is 5.92 Å². The predicted molar refractivity (Wildman–Crippen MR) is 90.8 cm³/mol. The van der Waals surface area contributed by atoms with Gasteiger partial charge < -0.3 is 5.73 Å². The summed E-state index contributed by atoms with van der Waals surface area (Å²) in [6.07, 6.45) is 1.93. The van der Waals surface area contributed by atoms with Crippen molar-refractivity contribution in [2.75, 3.05) is 5.73 Å². The number of rotatable bonds is 1. The smallest absolute Gasteiger partial charge is 0.0995 e. The molecule has 1 aliphatic carbocycles. The Bertz CT molecular complexity index is 768. The Hall–Kier alpha value is -2.27. The second kappa shape index (κ2) is 5.50. The largest absolute Gasteiger partial charge is 0.399 e. The molecule has 0 spiro atoms. The molecule has 2 aromatic carbocycles. The summed E-state index contributed by atoms with van der Waals surface area (Å²) in [5.41, 5.74) is 14.0. The van der Waals surface area contributed by atoms with Crippen LogP contribution in [0.5, 0.6) is 0 Å². The fraction of sp³-hybridized carbons (Fsp3) is 0.350. The molecule has 2 nitrogen and oxygen atoms in total. The number of nitriles is 1. The molecule has 1 aliphatic rings. The average Bonchev–Trinajstić information content (AvgIpc) is 2.49. The fourth-order valence-corrected chi connectivity index (χ4v) is 3.62. The summed E-state index contributed by atoms with van der Waals surface area (Å²) in [5.74, 6) is 1.03. The molecule has 0 bridgehead atoms. The summed E-state index contributed by atoms with van der Waals surface area (Å²) < 4.78 is 0. The van der Waals surface area contributed by atoms with Crippen molar-refractivity contribution in [3.8, 4) is 6.07 Å². The van der Waals surface area contributed by atoms with E-state index in [-0.39, 0.29) is 0 Å². The number of nitrogens with two attached hydrogens (primary N) is 1. The van der Waals surface area contributed by atoms with E-state index in [1.54, 1.807) is 0 Å². The highest BCUT2D eigenvalue weighted by Gasteiger charge is 2.28. The monoisotopic (exact) mass is 290 g/mol. The van der Waals surface area contributed by atoms with Gasteiger partial charge in [-0.1, -0.05) is 25.1 Å². The minimum atomic E-state index is 0.500. The average molecular weight is 290 g/mol. The van der Waals surface area contributed by atoms with Crippen LogP contribution in [0.4, 0.5) is 5.69 Å². The van der Waals surface area contributed by atoms with E-state index in [0.29, 0.717) is 17.5 Å². The molecule has 3 rings (SSSR count). The molecule has 2 heteroatoms. The van der Waals surface area contributed by atoms with Gasteiger partial charge in [0, 0.05) is 5.69 Å². The molecule has 2 aromatic rings. The molecule has 0 saturated heterocycles. The first-order chi connectivity index (χ1) is 10.5. The van der Waals surface area contributed by atoms with Crippen molar-refractivity contribution in [3.63, 3.8) is 0 Å². The molecule has 112 valence electrons. The number of nitrogens with zero attached hydrogens (tertiary/aromatic N) is 1. The minimum Gasteiger partial charge on any atom is -0.399 e. The van der Waals surface area contributed by atoms with Gasteiger partial charge in [-0.3, -0.25) is 0 Å². The molecule has 1 unspecified atom stereocenters. The van der Waals surface area contributed by atoms with E-state index in [9.17, 15) is 5.26 Å². The van der Waals surface area contributed by atoms with Crippen molar-refractivity contribution < 1.29 is 0 Å². The Balaban J connectivity index is 2.02. The zero-order valence-electron chi connectivity index (χ0n) is 13.5. The Kier molecular flexibility index (Phi) is 3.66. The first-order valence-corrected chi connectivity index (χ1v) is 7.88. The lowest BCUT2D eigenvalue weighted by molar-refractivity contribution is 0.427. The Morgan fingerprint density at radius 2 is 1.86 bits per heavy atom. The minimum absolute atomic E-state index is 0.500. The van der Waals surface area contributed by atoms with E-state index in [0.717, 1.165) is 18.4 Å². The molecular formula is C20H22N2. The predicted octanol–water partition coefficient (Wildman–Crippen LogP) is 4.28. The maximum absolute atomic E-state index is 9.35. The van der Waals surface area contributed by atoms with Crippen LogP contribution in [0.25, 0.3) is 0 Å². The van der Waals surface area contributed by atoms with E-state index >= 15 is 0 Å². The fourth-order valence-electron chi connectivity index (χ4n) is 3.62. The lowest BCUT2D eigenvalue weighted by atomic mass is 9.72. The summed E-state index contributed by atoms with van der Waals surface area (Å²) in [6.45, 7) is 6.62. The van der Waals surface area contributed by atoms with Crippen LogP contribution in [-0.4, -0.2) is 0 Å². The van der Waals surface area contributed by atoms with Crippen molar-refractivity contribution >= 4 is 5.69 Å². The SMILES string of the molecule is Cc1ccc([C@H]2Cc3cc(N)cc(C#N)c3CC2C)cc1C. The van der Waals surface area contributed by atoms with Gasteiger partial charge in [-0.15, -0.1) is 0 Å². The number of hydrogen-bond acceptors (Lipinski definition) is 2. The summed E-state index contributed by atoms with van der Waals surface area (Å²) in [6, 6.07) is 13.0. The second-order valence-electron chi connectivity index (χ2n) is 6.65. The lowest BCUT2D eigenvalue weighted by Gasteiger charge is -2.32. The number of aryl methyl sites for hydroxylation is 2. The zero-order valence-corrected chi connectivity index (χ0v) is 13.5. The maximum atomic E-state index is 9.35. The summed E-state index contributed by atoms with van der Waals surface area (Å²) in [5, 5.41) is 9.35. The highest BCUT2D eigenvalue weighted by Crippen LogP contribution is 2.39. The van der Waals surface area contributed by atoms with Gasteiger partial charge >= 0.3 is 0 Å².